The smallest absolute Gasteiger partial charge is 0.318 e. The van der Waals surface area contributed by atoms with Crippen molar-refractivity contribution in [1.82, 2.24) is 5.32 Å². The number of hydrogen-bond donors (Lipinski definition) is 3. The Kier molecular flexibility index (Phi) is 5.81. The van der Waals surface area contributed by atoms with Gasteiger partial charge in [0.25, 0.3) is 5.91 Å². The molecule has 0 aromatic heterocycles. The third kappa shape index (κ3) is 4.42. The highest BCUT2D eigenvalue weighted by atomic mass is 16.2. The van der Waals surface area contributed by atoms with Crippen LogP contribution in [-0.2, 0) is 0 Å². The second kappa shape index (κ2) is 8.64. The Morgan fingerprint density at radius 2 is 1.29 bits per heavy atom. The number of carbonyl (C=O) groups excluding carboxylic acids is 3. The van der Waals surface area contributed by atoms with Crippen LogP contribution < -0.4 is 16.0 Å². The average Bonchev–Trinajstić information content (AvgIpc) is 2.74. The van der Waals surface area contributed by atoms with E-state index in [1.54, 1.807) is 72.8 Å². The van der Waals surface area contributed by atoms with Crippen molar-refractivity contribution in [2.45, 2.75) is 0 Å². The molecule has 0 fully saturated rings. The summed E-state index contributed by atoms with van der Waals surface area (Å²) in [5.74, 6) is -0.627. The van der Waals surface area contributed by atoms with Crippen molar-refractivity contribution >= 4 is 29.1 Å². The Balaban J connectivity index is 1.83. The molecule has 3 amide bonds. The molecule has 0 saturated carbocycles. The minimum atomic E-state index is -0.406. The number of hydrogen-bond acceptors (Lipinski definition) is 3. The SMILES string of the molecule is CNC(=O)Nc1cccc(NC(=O)c2ccccc2C(=O)c2ccccc2)c1. The van der Waals surface area contributed by atoms with Crippen molar-refractivity contribution in [3.63, 3.8) is 0 Å². The molecular formula is C22H19N3O3. The van der Waals surface area contributed by atoms with E-state index >= 15 is 0 Å². The molecule has 0 aliphatic rings. The summed E-state index contributed by atoms with van der Waals surface area (Å²) < 4.78 is 0. The standard InChI is InChI=1S/C22H19N3O3/c1-23-22(28)25-17-11-7-10-16(14-17)24-21(27)19-13-6-5-12-18(19)20(26)15-8-3-2-4-9-15/h2-14H,1H3,(H,24,27)(H2,23,25,28). The number of amides is 3. The van der Waals surface area contributed by atoms with E-state index in [2.05, 4.69) is 16.0 Å². The maximum absolute atomic E-state index is 12.8. The number of nitrogens with one attached hydrogen (secondary N) is 3. The first kappa shape index (κ1) is 18.8. The van der Waals surface area contributed by atoms with E-state index in [0.29, 0.717) is 22.5 Å². The molecule has 0 unspecified atom stereocenters. The van der Waals surface area contributed by atoms with Gasteiger partial charge in [-0.3, -0.25) is 9.59 Å². The lowest BCUT2D eigenvalue weighted by molar-refractivity contribution is 0.0996. The second-order valence-corrected chi connectivity index (χ2v) is 5.98. The van der Waals surface area contributed by atoms with Crippen LogP contribution in [0.5, 0.6) is 0 Å². The third-order valence-corrected chi connectivity index (χ3v) is 4.06. The fourth-order valence-electron chi connectivity index (χ4n) is 2.69. The number of rotatable bonds is 5. The van der Waals surface area contributed by atoms with Crippen LogP contribution in [0.1, 0.15) is 26.3 Å². The number of urea groups is 1. The lowest BCUT2D eigenvalue weighted by atomic mass is 9.98. The van der Waals surface area contributed by atoms with Crippen LogP contribution in [0.4, 0.5) is 16.2 Å². The second-order valence-electron chi connectivity index (χ2n) is 5.98. The summed E-state index contributed by atoms with van der Waals surface area (Å²) in [5.41, 5.74) is 2.15. The van der Waals surface area contributed by atoms with E-state index in [0.717, 1.165) is 0 Å². The van der Waals surface area contributed by atoms with Crippen molar-refractivity contribution in [3.8, 4) is 0 Å². The number of ketones is 1. The van der Waals surface area contributed by atoms with Gasteiger partial charge in [0.15, 0.2) is 5.78 Å². The van der Waals surface area contributed by atoms with Gasteiger partial charge in [0.1, 0.15) is 0 Å². The Morgan fingerprint density at radius 3 is 1.96 bits per heavy atom. The third-order valence-electron chi connectivity index (χ3n) is 4.06. The molecule has 0 bridgehead atoms. The van der Waals surface area contributed by atoms with Crippen LogP contribution in [0.2, 0.25) is 0 Å². The topological polar surface area (TPSA) is 87.3 Å². The molecule has 0 spiro atoms. The van der Waals surface area contributed by atoms with Crippen molar-refractivity contribution < 1.29 is 14.4 Å². The number of carbonyl (C=O) groups is 3. The fourth-order valence-corrected chi connectivity index (χ4v) is 2.69. The number of benzene rings is 3. The zero-order valence-electron chi connectivity index (χ0n) is 15.2. The maximum atomic E-state index is 12.8. The van der Waals surface area contributed by atoms with Gasteiger partial charge in [0.05, 0.1) is 5.56 Å². The van der Waals surface area contributed by atoms with Crippen LogP contribution >= 0.6 is 0 Å². The van der Waals surface area contributed by atoms with Crippen LogP contribution in [0.15, 0.2) is 78.9 Å². The fraction of sp³-hybridized carbons (Fsp3) is 0.0455. The highest BCUT2D eigenvalue weighted by Gasteiger charge is 2.18. The molecule has 0 aliphatic carbocycles. The Labute approximate surface area is 162 Å². The first-order valence-corrected chi connectivity index (χ1v) is 8.67. The average molecular weight is 373 g/mol. The lowest BCUT2D eigenvalue weighted by Gasteiger charge is -2.11. The Bertz CT molecular complexity index is 1020. The van der Waals surface area contributed by atoms with Gasteiger partial charge in [0.2, 0.25) is 0 Å². The number of anilines is 2. The first-order valence-electron chi connectivity index (χ1n) is 8.67. The summed E-state index contributed by atoms with van der Waals surface area (Å²) in [6.45, 7) is 0. The van der Waals surface area contributed by atoms with Crippen LogP contribution in [0, 0.1) is 0 Å². The quantitative estimate of drug-likeness (QED) is 0.592. The predicted molar refractivity (Wildman–Crippen MR) is 109 cm³/mol. The molecule has 6 nitrogen and oxygen atoms in total. The first-order chi connectivity index (χ1) is 13.6. The minimum Gasteiger partial charge on any atom is -0.341 e. The minimum absolute atomic E-state index is 0.221. The molecular weight excluding hydrogens is 354 g/mol. The van der Waals surface area contributed by atoms with E-state index in [-0.39, 0.29) is 17.4 Å². The van der Waals surface area contributed by atoms with Crippen molar-refractivity contribution in [2.75, 3.05) is 17.7 Å². The van der Waals surface area contributed by atoms with Gasteiger partial charge in [-0.2, -0.15) is 0 Å². The zero-order valence-corrected chi connectivity index (χ0v) is 15.2. The molecule has 0 saturated heterocycles. The van der Waals surface area contributed by atoms with E-state index in [1.807, 2.05) is 6.07 Å². The molecule has 6 heteroatoms. The summed E-state index contributed by atoms with van der Waals surface area (Å²) in [6.07, 6.45) is 0. The van der Waals surface area contributed by atoms with Gasteiger partial charge in [-0.1, -0.05) is 54.6 Å². The predicted octanol–water partition coefficient (Wildman–Crippen LogP) is 3.92. The van der Waals surface area contributed by atoms with E-state index in [4.69, 9.17) is 0 Å². The van der Waals surface area contributed by atoms with Gasteiger partial charge >= 0.3 is 6.03 Å². The summed E-state index contributed by atoms with van der Waals surface area (Å²) in [7, 11) is 1.52. The molecule has 28 heavy (non-hydrogen) atoms. The highest BCUT2D eigenvalue weighted by molar-refractivity contribution is 6.17. The van der Waals surface area contributed by atoms with Crippen molar-refractivity contribution in [3.05, 3.63) is 95.6 Å². The monoisotopic (exact) mass is 373 g/mol. The molecule has 3 aromatic carbocycles. The van der Waals surface area contributed by atoms with Gasteiger partial charge in [-0.05, 0) is 24.3 Å². The Morgan fingerprint density at radius 1 is 0.679 bits per heavy atom. The lowest BCUT2D eigenvalue weighted by Crippen LogP contribution is -2.24. The summed E-state index contributed by atoms with van der Waals surface area (Å²) in [4.78, 5) is 37.0. The summed E-state index contributed by atoms with van der Waals surface area (Å²) in [6, 6.07) is 21.9. The van der Waals surface area contributed by atoms with Crippen molar-refractivity contribution in [1.29, 1.82) is 0 Å². The molecule has 0 aliphatic heterocycles. The summed E-state index contributed by atoms with van der Waals surface area (Å²) >= 11 is 0. The van der Waals surface area contributed by atoms with Gasteiger partial charge in [0, 0.05) is 29.5 Å². The van der Waals surface area contributed by atoms with E-state index < -0.39 is 5.91 Å². The highest BCUT2D eigenvalue weighted by Crippen LogP contribution is 2.19. The van der Waals surface area contributed by atoms with E-state index in [1.165, 1.54) is 7.05 Å². The molecule has 0 heterocycles. The molecule has 3 rings (SSSR count). The van der Waals surface area contributed by atoms with Gasteiger partial charge in [-0.15, -0.1) is 0 Å². The maximum Gasteiger partial charge on any atom is 0.318 e. The van der Waals surface area contributed by atoms with Gasteiger partial charge < -0.3 is 16.0 Å². The molecule has 0 radical (unpaired) electrons. The van der Waals surface area contributed by atoms with E-state index in [9.17, 15) is 14.4 Å². The van der Waals surface area contributed by atoms with Crippen LogP contribution in [-0.4, -0.2) is 24.8 Å². The Hall–Kier alpha value is -3.93. The normalized spacial score (nSPS) is 10.0. The summed E-state index contributed by atoms with van der Waals surface area (Å²) in [5, 5.41) is 7.87. The van der Waals surface area contributed by atoms with Gasteiger partial charge in [-0.25, -0.2) is 4.79 Å². The van der Waals surface area contributed by atoms with Crippen LogP contribution in [0.25, 0.3) is 0 Å². The molecule has 140 valence electrons. The largest absolute Gasteiger partial charge is 0.341 e. The molecule has 3 aromatic rings. The zero-order chi connectivity index (χ0) is 19.9. The molecule has 0 atom stereocenters. The molecule has 3 N–H and O–H groups in total. The van der Waals surface area contributed by atoms with Crippen molar-refractivity contribution in [2.24, 2.45) is 0 Å². The van der Waals surface area contributed by atoms with Crippen LogP contribution in [0.3, 0.4) is 0 Å².